The number of nitrogens with one attached hydrogen (secondary N) is 1. The van der Waals surface area contributed by atoms with E-state index in [1.807, 2.05) is 44.2 Å². The minimum Gasteiger partial charge on any atom is -0.478 e. The molecule has 2 heterocycles. The zero-order chi connectivity index (χ0) is 43.7. The SMILES string of the molecule is Cc1ccc(N)cc1-c1cnc(Cl)c(C#N)c1.Cc1ccc(NC(=O)c2cccc(C(F)(F)F)c2)cc1-c1cnc(Cl)c(C#N)c1.O=C(O)c1cccc(C(F)(F)F)c1. The summed E-state index contributed by atoms with van der Waals surface area (Å²) < 4.78 is 74.7. The minimum atomic E-state index is -4.53. The molecular formula is C42H28Cl2F6N6O3. The van der Waals surface area contributed by atoms with Gasteiger partial charge in [0, 0.05) is 40.5 Å². The first-order valence-corrected chi connectivity index (χ1v) is 17.4. The third-order valence-electron chi connectivity index (χ3n) is 8.19. The molecule has 2 aromatic heterocycles. The number of carboxylic acid groups (broad SMARTS) is 1. The van der Waals surface area contributed by atoms with Crippen molar-refractivity contribution in [2.24, 2.45) is 0 Å². The zero-order valence-corrected chi connectivity index (χ0v) is 32.1. The van der Waals surface area contributed by atoms with Gasteiger partial charge in [0.05, 0.1) is 27.8 Å². The number of hydrogen-bond acceptors (Lipinski definition) is 7. The number of benzene rings is 4. The summed E-state index contributed by atoms with van der Waals surface area (Å²) in [6, 6.07) is 25.7. The lowest BCUT2D eigenvalue weighted by Crippen LogP contribution is -2.14. The third-order valence-corrected chi connectivity index (χ3v) is 8.79. The van der Waals surface area contributed by atoms with E-state index >= 15 is 0 Å². The molecule has 0 bridgehead atoms. The summed E-state index contributed by atoms with van der Waals surface area (Å²) in [6.45, 7) is 3.82. The summed E-state index contributed by atoms with van der Waals surface area (Å²) in [4.78, 5) is 30.7. The quantitative estimate of drug-likeness (QED) is 0.0876. The van der Waals surface area contributed by atoms with Crippen LogP contribution in [0.4, 0.5) is 37.7 Å². The molecule has 9 nitrogen and oxygen atoms in total. The first kappa shape index (κ1) is 44.8. The number of carbonyl (C=O) groups is 2. The van der Waals surface area contributed by atoms with E-state index in [9.17, 15) is 35.9 Å². The van der Waals surface area contributed by atoms with Crippen LogP contribution in [-0.4, -0.2) is 27.0 Å². The average Bonchev–Trinajstić information content (AvgIpc) is 3.20. The number of aromatic nitrogens is 2. The molecule has 0 fully saturated rings. The normalized spacial score (nSPS) is 10.8. The highest BCUT2D eigenvalue weighted by atomic mass is 35.5. The average molecular weight is 850 g/mol. The highest BCUT2D eigenvalue weighted by molar-refractivity contribution is 6.30. The Kier molecular flexibility index (Phi) is 14.4. The third kappa shape index (κ3) is 12.0. The molecule has 4 N–H and O–H groups in total. The number of halogens is 8. The molecule has 59 heavy (non-hydrogen) atoms. The Balaban J connectivity index is 0.000000216. The molecule has 0 aliphatic rings. The fourth-order valence-corrected chi connectivity index (χ4v) is 5.47. The van der Waals surface area contributed by atoms with Gasteiger partial charge in [0.2, 0.25) is 0 Å². The number of anilines is 2. The number of pyridine rings is 2. The van der Waals surface area contributed by atoms with E-state index in [0.717, 1.165) is 52.6 Å². The molecule has 6 rings (SSSR count). The van der Waals surface area contributed by atoms with Gasteiger partial charge < -0.3 is 16.2 Å². The van der Waals surface area contributed by atoms with Crippen molar-refractivity contribution in [1.82, 2.24) is 9.97 Å². The summed E-state index contributed by atoms with van der Waals surface area (Å²) >= 11 is 11.7. The topological polar surface area (TPSA) is 166 Å². The maximum atomic E-state index is 12.9. The lowest BCUT2D eigenvalue weighted by atomic mass is 10.00. The number of aryl methyl sites for hydroxylation is 2. The second kappa shape index (κ2) is 19.0. The van der Waals surface area contributed by atoms with Gasteiger partial charge >= 0.3 is 18.3 Å². The van der Waals surface area contributed by atoms with Crippen molar-refractivity contribution in [2.75, 3.05) is 11.1 Å². The standard InChI is InChI=1S/C21H13ClF3N3O.C13H10ClN3.C8H5F3O2/c1-12-5-6-17(9-18(12)15-7-14(10-26)19(22)27-11-15)28-20(29)13-3-2-4-16(8-13)21(23,24)25;1-8-2-3-11(16)5-12(8)10-4-9(6-15)13(14)17-7-10;9-8(10,11)6-3-1-2-5(4-6)7(12)13/h2-9,11H,1H3,(H,28,29);2-5,7H,16H2,1H3;1-4H,(H,12,13). The molecule has 0 saturated heterocycles. The van der Waals surface area contributed by atoms with Crippen molar-refractivity contribution in [3.63, 3.8) is 0 Å². The van der Waals surface area contributed by atoms with Gasteiger partial charge in [0.1, 0.15) is 22.4 Å². The summed E-state index contributed by atoms with van der Waals surface area (Å²) in [7, 11) is 0. The van der Waals surface area contributed by atoms with Crippen LogP contribution in [0, 0.1) is 36.5 Å². The number of nitrogen functional groups attached to an aromatic ring is 1. The maximum absolute atomic E-state index is 12.9. The minimum absolute atomic E-state index is 0.0860. The van der Waals surface area contributed by atoms with Crippen LogP contribution < -0.4 is 11.1 Å². The number of nitrogens with zero attached hydrogens (tertiary/aromatic N) is 4. The summed E-state index contributed by atoms with van der Waals surface area (Å²) in [6.07, 6.45) is -5.88. The number of hydrogen-bond donors (Lipinski definition) is 3. The molecule has 0 saturated carbocycles. The van der Waals surface area contributed by atoms with E-state index in [2.05, 4.69) is 15.3 Å². The van der Waals surface area contributed by atoms with Crippen LogP contribution in [0.15, 0.2) is 109 Å². The van der Waals surface area contributed by atoms with Gasteiger partial charge in [-0.2, -0.15) is 36.9 Å². The summed E-state index contributed by atoms with van der Waals surface area (Å²) in [5, 5.41) is 29.4. The maximum Gasteiger partial charge on any atom is 0.416 e. The van der Waals surface area contributed by atoms with E-state index in [0.29, 0.717) is 34.1 Å². The van der Waals surface area contributed by atoms with Gasteiger partial charge in [-0.3, -0.25) is 4.79 Å². The van der Waals surface area contributed by atoms with Gasteiger partial charge in [0.25, 0.3) is 5.91 Å². The van der Waals surface area contributed by atoms with Crippen LogP contribution in [-0.2, 0) is 12.4 Å². The molecule has 17 heteroatoms. The predicted molar refractivity (Wildman–Crippen MR) is 210 cm³/mol. The predicted octanol–water partition coefficient (Wildman–Crippen LogP) is 11.4. The number of alkyl halides is 6. The first-order chi connectivity index (χ1) is 27.7. The lowest BCUT2D eigenvalue weighted by Gasteiger charge is -2.12. The number of rotatable bonds is 5. The van der Waals surface area contributed by atoms with Gasteiger partial charge in [-0.15, -0.1) is 0 Å². The molecule has 0 aliphatic carbocycles. The second-order valence-electron chi connectivity index (χ2n) is 12.4. The van der Waals surface area contributed by atoms with Crippen LogP contribution in [0.2, 0.25) is 10.3 Å². The molecule has 0 unspecified atom stereocenters. The summed E-state index contributed by atoms with van der Waals surface area (Å²) in [5.74, 6) is -2.04. The van der Waals surface area contributed by atoms with E-state index in [-0.39, 0.29) is 27.0 Å². The number of nitrogens with two attached hydrogens (primary N) is 1. The van der Waals surface area contributed by atoms with E-state index < -0.39 is 35.4 Å². The highest BCUT2D eigenvalue weighted by Crippen LogP contribution is 2.32. The van der Waals surface area contributed by atoms with Crippen molar-refractivity contribution in [3.8, 4) is 34.4 Å². The van der Waals surface area contributed by atoms with Crippen molar-refractivity contribution in [3.05, 3.63) is 164 Å². The molecule has 1 amide bonds. The van der Waals surface area contributed by atoms with Crippen molar-refractivity contribution >= 4 is 46.5 Å². The van der Waals surface area contributed by atoms with Crippen LogP contribution in [0.3, 0.4) is 0 Å². The molecular weight excluding hydrogens is 821 g/mol. The van der Waals surface area contributed by atoms with Crippen molar-refractivity contribution in [1.29, 1.82) is 10.5 Å². The lowest BCUT2D eigenvalue weighted by molar-refractivity contribution is -0.138. The number of amides is 1. The van der Waals surface area contributed by atoms with Crippen LogP contribution in [0.5, 0.6) is 0 Å². The molecule has 0 atom stereocenters. The molecule has 0 radical (unpaired) electrons. The summed E-state index contributed by atoms with van der Waals surface area (Å²) in [5.41, 5.74) is 10.1. The van der Waals surface area contributed by atoms with Gasteiger partial charge in [-0.1, -0.05) is 47.5 Å². The number of carboxylic acids is 1. The zero-order valence-electron chi connectivity index (χ0n) is 30.5. The highest BCUT2D eigenvalue weighted by Gasteiger charge is 2.31. The smallest absolute Gasteiger partial charge is 0.416 e. The van der Waals surface area contributed by atoms with E-state index in [4.69, 9.17) is 44.6 Å². The van der Waals surface area contributed by atoms with Crippen LogP contribution in [0.1, 0.15) is 54.1 Å². The Labute approximate surface area is 342 Å². The Hall–Kier alpha value is -6.94. The largest absolute Gasteiger partial charge is 0.478 e. The molecule has 0 aliphatic heterocycles. The Morgan fingerprint density at radius 2 is 1.14 bits per heavy atom. The molecule has 4 aromatic carbocycles. The molecule has 6 aromatic rings. The second-order valence-corrected chi connectivity index (χ2v) is 13.1. The number of carbonyl (C=O) groups excluding carboxylic acids is 1. The Bertz CT molecular complexity index is 2620. The first-order valence-electron chi connectivity index (χ1n) is 16.7. The molecule has 300 valence electrons. The fourth-order valence-electron chi connectivity index (χ4n) is 5.18. The van der Waals surface area contributed by atoms with Crippen molar-refractivity contribution < 1.29 is 41.0 Å². The van der Waals surface area contributed by atoms with E-state index in [1.165, 1.54) is 18.3 Å². The Morgan fingerprint density at radius 1 is 0.678 bits per heavy atom. The number of aromatic carboxylic acids is 1. The van der Waals surface area contributed by atoms with Gasteiger partial charge in [-0.05, 0) is 109 Å². The van der Waals surface area contributed by atoms with Gasteiger partial charge in [0.15, 0.2) is 0 Å². The van der Waals surface area contributed by atoms with Crippen LogP contribution >= 0.6 is 23.2 Å². The Morgan fingerprint density at radius 3 is 1.61 bits per heavy atom. The van der Waals surface area contributed by atoms with Crippen molar-refractivity contribution in [2.45, 2.75) is 26.2 Å². The number of nitriles is 2. The van der Waals surface area contributed by atoms with Crippen LogP contribution in [0.25, 0.3) is 22.3 Å². The van der Waals surface area contributed by atoms with E-state index in [1.54, 1.807) is 36.5 Å². The fraction of sp³-hybridized carbons (Fsp3) is 0.0952. The monoisotopic (exact) mass is 848 g/mol. The van der Waals surface area contributed by atoms with Gasteiger partial charge in [-0.25, -0.2) is 14.8 Å². The molecule has 0 spiro atoms.